The molecule has 19 heteroatoms. The van der Waals surface area contributed by atoms with Crippen molar-refractivity contribution in [2.45, 2.75) is 117 Å². The quantitative estimate of drug-likeness (QED) is 0.106. The molecule has 4 heterocycles. The minimum absolute atomic E-state index is 0.0994. The van der Waals surface area contributed by atoms with Gasteiger partial charge in [-0.25, -0.2) is 0 Å². The first-order chi connectivity index (χ1) is 20.4. The first-order valence-electron chi connectivity index (χ1n) is 13.9. The SMILES string of the molecule is OCC1CC(O)C(O)C(OC2C(CO)OC(OC3C(CO)OC(OC4C(CO)OCC(O)C4O)C(O)C3O)C(O)C2O)O1. The molecule has 4 aliphatic rings. The molecule has 18 unspecified atom stereocenters. The molecule has 4 rings (SSSR count). The summed E-state index contributed by atoms with van der Waals surface area (Å²) >= 11 is 0. The summed E-state index contributed by atoms with van der Waals surface area (Å²) in [6.07, 6.45) is -28.2. The topological polar surface area (TPSA) is 307 Å². The molecule has 0 aromatic heterocycles. The lowest BCUT2D eigenvalue weighted by Crippen LogP contribution is -2.66. The summed E-state index contributed by atoms with van der Waals surface area (Å²) in [5.74, 6) is 0. The van der Waals surface area contributed by atoms with Crippen LogP contribution in [0.3, 0.4) is 0 Å². The van der Waals surface area contributed by atoms with Crippen molar-refractivity contribution >= 4 is 0 Å². The molecule has 4 saturated heterocycles. The zero-order valence-electron chi connectivity index (χ0n) is 22.9. The van der Waals surface area contributed by atoms with Crippen LogP contribution in [-0.4, -0.2) is 205 Å². The Labute approximate surface area is 244 Å². The lowest BCUT2D eigenvalue weighted by atomic mass is 9.96. The third kappa shape index (κ3) is 7.46. The summed E-state index contributed by atoms with van der Waals surface area (Å²) in [7, 11) is 0. The molecule has 0 spiro atoms. The van der Waals surface area contributed by atoms with Crippen LogP contribution < -0.4 is 0 Å². The molecule has 252 valence electrons. The molecular weight excluding hydrogens is 592 g/mol. The second kappa shape index (κ2) is 15.2. The Balaban J connectivity index is 1.43. The molecule has 0 saturated carbocycles. The van der Waals surface area contributed by atoms with Crippen molar-refractivity contribution in [2.24, 2.45) is 0 Å². The van der Waals surface area contributed by atoms with Gasteiger partial charge >= 0.3 is 0 Å². The van der Waals surface area contributed by atoms with Gasteiger partial charge in [0.2, 0.25) is 0 Å². The molecular formula is C24H42O19. The average Bonchev–Trinajstić information content (AvgIpc) is 3.00. The van der Waals surface area contributed by atoms with E-state index in [-0.39, 0.29) is 13.0 Å². The first kappa shape index (κ1) is 35.1. The van der Waals surface area contributed by atoms with Gasteiger partial charge in [0.25, 0.3) is 0 Å². The highest BCUT2D eigenvalue weighted by molar-refractivity contribution is 4.96. The average molecular weight is 635 g/mol. The second-order valence-electron chi connectivity index (χ2n) is 10.9. The molecule has 0 aromatic rings. The normalized spacial score (nSPS) is 51.3. The monoisotopic (exact) mass is 634 g/mol. The van der Waals surface area contributed by atoms with Gasteiger partial charge in [-0.3, -0.25) is 0 Å². The molecule has 0 aliphatic carbocycles. The molecule has 0 amide bonds. The van der Waals surface area contributed by atoms with Gasteiger partial charge in [-0.15, -0.1) is 0 Å². The minimum Gasteiger partial charge on any atom is -0.394 e. The molecule has 0 aromatic carbocycles. The summed E-state index contributed by atoms with van der Waals surface area (Å²) in [4.78, 5) is 0. The Kier molecular flexibility index (Phi) is 12.4. The summed E-state index contributed by atoms with van der Waals surface area (Å²) in [5, 5.41) is 122. The van der Waals surface area contributed by atoms with E-state index < -0.39 is 137 Å². The van der Waals surface area contributed by atoms with E-state index in [1.165, 1.54) is 0 Å². The highest BCUT2D eigenvalue weighted by Gasteiger charge is 2.54. The van der Waals surface area contributed by atoms with Gasteiger partial charge in [-0.05, 0) is 0 Å². The Morgan fingerprint density at radius 3 is 1.35 bits per heavy atom. The number of ether oxygens (including phenoxy) is 7. The van der Waals surface area contributed by atoms with Crippen LogP contribution in [0.15, 0.2) is 0 Å². The zero-order valence-corrected chi connectivity index (χ0v) is 22.9. The van der Waals surface area contributed by atoms with Crippen LogP contribution in [0.1, 0.15) is 6.42 Å². The van der Waals surface area contributed by atoms with Crippen LogP contribution in [0.2, 0.25) is 0 Å². The summed E-state index contributed by atoms with van der Waals surface area (Å²) in [5.41, 5.74) is 0. The standard InChI is InChI=1S/C24H42O19/c25-2-7-1-8(29)14(32)22(38-7)42-20-11(4-27)40-24(18(36)15(20)33)43-21-12(5-28)39-23(17(35)16(21)34)41-19-10(3-26)37-6-9(30)13(19)31/h7-36H,1-6H2. The second-order valence-corrected chi connectivity index (χ2v) is 10.9. The van der Waals surface area contributed by atoms with E-state index >= 15 is 0 Å². The third-order valence-electron chi connectivity index (χ3n) is 7.98. The van der Waals surface area contributed by atoms with E-state index in [1.807, 2.05) is 0 Å². The van der Waals surface area contributed by atoms with Gasteiger partial charge in [-0.1, -0.05) is 0 Å². The molecule has 19 nitrogen and oxygen atoms in total. The number of aliphatic hydroxyl groups excluding tert-OH is 12. The molecule has 0 bridgehead atoms. The van der Waals surface area contributed by atoms with Crippen molar-refractivity contribution in [1.29, 1.82) is 0 Å². The highest BCUT2D eigenvalue weighted by atomic mass is 16.8. The third-order valence-corrected chi connectivity index (χ3v) is 7.98. The van der Waals surface area contributed by atoms with Crippen molar-refractivity contribution in [1.82, 2.24) is 0 Å². The van der Waals surface area contributed by atoms with Gasteiger partial charge in [0.15, 0.2) is 18.9 Å². The largest absolute Gasteiger partial charge is 0.394 e. The fourth-order valence-corrected chi connectivity index (χ4v) is 5.46. The fourth-order valence-electron chi connectivity index (χ4n) is 5.46. The Morgan fingerprint density at radius 2 is 0.907 bits per heavy atom. The van der Waals surface area contributed by atoms with E-state index in [2.05, 4.69) is 0 Å². The summed E-state index contributed by atoms with van der Waals surface area (Å²) < 4.78 is 38.4. The maximum absolute atomic E-state index is 10.9. The van der Waals surface area contributed by atoms with E-state index in [1.54, 1.807) is 0 Å². The van der Waals surface area contributed by atoms with Crippen LogP contribution in [0, 0.1) is 0 Å². The zero-order chi connectivity index (χ0) is 31.6. The number of rotatable bonds is 10. The van der Waals surface area contributed by atoms with Crippen molar-refractivity contribution in [3.63, 3.8) is 0 Å². The van der Waals surface area contributed by atoms with Gasteiger partial charge in [0.1, 0.15) is 79.4 Å². The fraction of sp³-hybridized carbons (Fsp3) is 1.00. The van der Waals surface area contributed by atoms with Crippen LogP contribution in [0.25, 0.3) is 0 Å². The van der Waals surface area contributed by atoms with Gasteiger partial charge < -0.3 is 94.4 Å². The number of hydrogen-bond donors (Lipinski definition) is 12. The van der Waals surface area contributed by atoms with Gasteiger partial charge in [0, 0.05) is 6.42 Å². The van der Waals surface area contributed by atoms with Crippen LogP contribution in [0.4, 0.5) is 0 Å². The number of hydrogen-bond acceptors (Lipinski definition) is 19. The highest BCUT2D eigenvalue weighted by Crippen LogP contribution is 2.33. The van der Waals surface area contributed by atoms with E-state index in [4.69, 9.17) is 33.2 Å². The van der Waals surface area contributed by atoms with Crippen LogP contribution >= 0.6 is 0 Å². The van der Waals surface area contributed by atoms with Crippen molar-refractivity contribution in [3.8, 4) is 0 Å². The molecule has 43 heavy (non-hydrogen) atoms. The lowest BCUT2D eigenvalue weighted by molar-refractivity contribution is -0.381. The predicted molar refractivity (Wildman–Crippen MR) is 131 cm³/mol. The minimum atomic E-state index is -1.94. The predicted octanol–water partition coefficient (Wildman–Crippen LogP) is -8.04. The summed E-state index contributed by atoms with van der Waals surface area (Å²) in [6.45, 7) is -3.09. The van der Waals surface area contributed by atoms with Gasteiger partial charge in [-0.2, -0.15) is 0 Å². The van der Waals surface area contributed by atoms with Crippen LogP contribution in [0.5, 0.6) is 0 Å². The Hall–Kier alpha value is -0.760. The molecule has 4 aliphatic heterocycles. The van der Waals surface area contributed by atoms with Crippen molar-refractivity contribution in [3.05, 3.63) is 0 Å². The molecule has 12 N–H and O–H groups in total. The van der Waals surface area contributed by atoms with Gasteiger partial charge in [0.05, 0.1) is 45.2 Å². The molecule has 0 radical (unpaired) electrons. The molecule has 18 atom stereocenters. The Bertz CT molecular complexity index is 849. The van der Waals surface area contributed by atoms with Crippen LogP contribution in [-0.2, 0) is 33.2 Å². The lowest BCUT2D eigenvalue weighted by Gasteiger charge is -2.48. The van der Waals surface area contributed by atoms with Crippen molar-refractivity contribution in [2.75, 3.05) is 33.0 Å². The van der Waals surface area contributed by atoms with E-state index in [0.29, 0.717) is 0 Å². The summed E-state index contributed by atoms with van der Waals surface area (Å²) in [6, 6.07) is 0. The van der Waals surface area contributed by atoms with E-state index in [0.717, 1.165) is 0 Å². The maximum atomic E-state index is 10.9. The number of aliphatic hydroxyl groups is 12. The Morgan fingerprint density at radius 1 is 0.465 bits per heavy atom. The smallest absolute Gasteiger partial charge is 0.187 e. The maximum Gasteiger partial charge on any atom is 0.187 e. The van der Waals surface area contributed by atoms with E-state index in [9.17, 15) is 61.3 Å². The molecule has 4 fully saturated rings. The van der Waals surface area contributed by atoms with Crippen molar-refractivity contribution < 1.29 is 94.4 Å². The first-order valence-corrected chi connectivity index (χ1v) is 13.9.